The second kappa shape index (κ2) is 10.1. The Bertz CT molecular complexity index is 548. The van der Waals surface area contributed by atoms with Crippen LogP contribution in [0.1, 0.15) is 32.8 Å². The summed E-state index contributed by atoms with van der Waals surface area (Å²) in [5, 5.41) is 4.98. The van der Waals surface area contributed by atoms with Crippen LogP contribution in [0.25, 0.3) is 0 Å². The number of nitrogens with one attached hydrogen (secondary N) is 2. The molecule has 0 radical (unpaired) electrons. The number of amides is 2. The molecule has 0 aliphatic heterocycles. The molecular formula is C17H25F3N2O3. The number of ether oxygens (including phenoxy) is 2. The van der Waals surface area contributed by atoms with Crippen molar-refractivity contribution in [1.29, 1.82) is 0 Å². The standard InChI is InChI=1S/C17H25F3N2O3/c1-4-25-15-7-6-13(17(18,19)20)10-14(15)22-16(23)21-8-5-9-24-11-12(2)3/h6-7,10,12H,4-5,8-9,11H2,1-3H3,(H2,21,22,23). The topological polar surface area (TPSA) is 59.6 Å². The Kier molecular flexibility index (Phi) is 8.54. The van der Waals surface area contributed by atoms with Crippen LogP contribution in [0.4, 0.5) is 23.7 Å². The first-order valence-electron chi connectivity index (χ1n) is 8.20. The third kappa shape index (κ3) is 8.11. The minimum atomic E-state index is -4.49. The molecule has 1 aromatic carbocycles. The second-order valence-corrected chi connectivity index (χ2v) is 5.84. The van der Waals surface area contributed by atoms with E-state index < -0.39 is 17.8 Å². The highest BCUT2D eigenvalue weighted by Crippen LogP contribution is 2.35. The van der Waals surface area contributed by atoms with Gasteiger partial charge in [-0.05, 0) is 37.5 Å². The fourth-order valence-corrected chi connectivity index (χ4v) is 1.95. The number of carbonyl (C=O) groups excluding carboxylic acids is 1. The average Bonchev–Trinajstić information content (AvgIpc) is 2.51. The van der Waals surface area contributed by atoms with E-state index in [0.29, 0.717) is 32.1 Å². The number of urea groups is 1. The SMILES string of the molecule is CCOc1ccc(C(F)(F)F)cc1NC(=O)NCCCOCC(C)C. The molecule has 0 bridgehead atoms. The van der Waals surface area contributed by atoms with Crippen molar-refractivity contribution in [3.8, 4) is 5.75 Å². The van der Waals surface area contributed by atoms with Gasteiger partial charge in [0.1, 0.15) is 5.75 Å². The maximum Gasteiger partial charge on any atom is 0.416 e. The van der Waals surface area contributed by atoms with Gasteiger partial charge in [0.05, 0.1) is 17.9 Å². The Morgan fingerprint density at radius 2 is 2.00 bits per heavy atom. The Morgan fingerprint density at radius 1 is 1.28 bits per heavy atom. The first kappa shape index (κ1) is 21.1. The summed E-state index contributed by atoms with van der Waals surface area (Å²) in [6.07, 6.45) is -3.88. The third-order valence-corrected chi connectivity index (χ3v) is 3.06. The number of anilines is 1. The van der Waals surface area contributed by atoms with Crippen molar-refractivity contribution in [2.75, 3.05) is 31.7 Å². The van der Waals surface area contributed by atoms with Gasteiger partial charge in [0.15, 0.2) is 0 Å². The van der Waals surface area contributed by atoms with E-state index in [1.54, 1.807) is 6.92 Å². The van der Waals surface area contributed by atoms with Gasteiger partial charge in [-0.3, -0.25) is 0 Å². The quantitative estimate of drug-likeness (QED) is 0.645. The summed E-state index contributed by atoms with van der Waals surface area (Å²) in [4.78, 5) is 11.9. The largest absolute Gasteiger partial charge is 0.492 e. The molecule has 0 aliphatic carbocycles. The first-order valence-corrected chi connectivity index (χ1v) is 8.20. The maximum atomic E-state index is 12.8. The van der Waals surface area contributed by atoms with E-state index in [0.717, 1.165) is 12.1 Å². The number of rotatable bonds is 9. The van der Waals surface area contributed by atoms with Gasteiger partial charge in [-0.1, -0.05) is 13.8 Å². The zero-order valence-electron chi connectivity index (χ0n) is 14.7. The van der Waals surface area contributed by atoms with E-state index in [4.69, 9.17) is 9.47 Å². The molecule has 25 heavy (non-hydrogen) atoms. The number of halogens is 3. The van der Waals surface area contributed by atoms with Gasteiger partial charge >= 0.3 is 12.2 Å². The van der Waals surface area contributed by atoms with Gasteiger partial charge < -0.3 is 20.1 Å². The zero-order valence-corrected chi connectivity index (χ0v) is 14.7. The summed E-state index contributed by atoms with van der Waals surface area (Å²) in [6, 6.07) is 2.38. The Balaban J connectivity index is 2.56. The molecule has 5 nitrogen and oxygen atoms in total. The van der Waals surface area contributed by atoms with Crippen LogP contribution >= 0.6 is 0 Å². The van der Waals surface area contributed by atoms with Crippen molar-refractivity contribution < 1.29 is 27.4 Å². The van der Waals surface area contributed by atoms with Gasteiger partial charge in [-0.25, -0.2) is 4.79 Å². The fourth-order valence-electron chi connectivity index (χ4n) is 1.95. The van der Waals surface area contributed by atoms with Crippen molar-refractivity contribution in [2.45, 2.75) is 33.4 Å². The molecule has 2 amide bonds. The predicted octanol–water partition coefficient (Wildman–Crippen LogP) is 4.29. The summed E-state index contributed by atoms with van der Waals surface area (Å²) >= 11 is 0. The minimum absolute atomic E-state index is 0.0229. The molecule has 0 fully saturated rings. The van der Waals surface area contributed by atoms with Crippen LogP contribution in [0.2, 0.25) is 0 Å². The molecule has 0 aromatic heterocycles. The monoisotopic (exact) mass is 362 g/mol. The Morgan fingerprint density at radius 3 is 2.60 bits per heavy atom. The lowest BCUT2D eigenvalue weighted by Crippen LogP contribution is -2.30. The van der Waals surface area contributed by atoms with E-state index in [1.165, 1.54) is 6.07 Å². The number of alkyl halides is 3. The molecule has 0 aliphatic rings. The highest BCUT2D eigenvalue weighted by atomic mass is 19.4. The normalized spacial score (nSPS) is 11.5. The average molecular weight is 362 g/mol. The van der Waals surface area contributed by atoms with Gasteiger partial charge in [0.25, 0.3) is 0 Å². The van der Waals surface area contributed by atoms with E-state index in [-0.39, 0.29) is 18.0 Å². The van der Waals surface area contributed by atoms with Gasteiger partial charge in [0.2, 0.25) is 0 Å². The van der Waals surface area contributed by atoms with Crippen molar-refractivity contribution in [3.05, 3.63) is 23.8 Å². The number of carbonyl (C=O) groups is 1. The summed E-state index contributed by atoms with van der Waals surface area (Å²) in [5.41, 5.74) is -0.876. The zero-order chi connectivity index (χ0) is 18.9. The van der Waals surface area contributed by atoms with Crippen LogP contribution in [-0.2, 0) is 10.9 Å². The molecule has 0 atom stereocenters. The van der Waals surface area contributed by atoms with E-state index >= 15 is 0 Å². The molecule has 142 valence electrons. The van der Waals surface area contributed by atoms with Crippen LogP contribution in [0.5, 0.6) is 5.75 Å². The summed E-state index contributed by atoms with van der Waals surface area (Å²) in [5.74, 6) is 0.625. The number of hydrogen-bond donors (Lipinski definition) is 2. The second-order valence-electron chi connectivity index (χ2n) is 5.84. The van der Waals surface area contributed by atoms with Gasteiger partial charge in [0, 0.05) is 19.8 Å². The third-order valence-electron chi connectivity index (χ3n) is 3.06. The van der Waals surface area contributed by atoms with Gasteiger partial charge in [-0.2, -0.15) is 13.2 Å². The van der Waals surface area contributed by atoms with Crippen LogP contribution in [0.15, 0.2) is 18.2 Å². The summed E-state index contributed by atoms with van der Waals surface area (Å²) in [6.45, 7) is 7.56. The van der Waals surface area contributed by atoms with E-state index in [2.05, 4.69) is 10.6 Å². The van der Waals surface area contributed by atoms with Crippen LogP contribution in [0, 0.1) is 5.92 Å². The minimum Gasteiger partial charge on any atom is -0.492 e. The Hall–Kier alpha value is -1.96. The molecule has 1 aromatic rings. The molecule has 8 heteroatoms. The highest BCUT2D eigenvalue weighted by Gasteiger charge is 2.31. The molecule has 1 rings (SSSR count). The Labute approximate surface area is 145 Å². The molecular weight excluding hydrogens is 337 g/mol. The van der Waals surface area contributed by atoms with Crippen molar-refractivity contribution >= 4 is 11.7 Å². The van der Waals surface area contributed by atoms with Crippen LogP contribution in [-0.4, -0.2) is 32.4 Å². The molecule has 0 spiro atoms. The molecule has 2 N–H and O–H groups in total. The molecule has 0 heterocycles. The summed E-state index contributed by atoms with van der Waals surface area (Å²) in [7, 11) is 0. The lowest BCUT2D eigenvalue weighted by Gasteiger charge is -2.15. The maximum absolute atomic E-state index is 12.8. The van der Waals surface area contributed by atoms with Crippen molar-refractivity contribution in [3.63, 3.8) is 0 Å². The molecule has 0 saturated heterocycles. The number of hydrogen-bond acceptors (Lipinski definition) is 3. The van der Waals surface area contributed by atoms with E-state index in [9.17, 15) is 18.0 Å². The van der Waals surface area contributed by atoms with Crippen molar-refractivity contribution in [2.24, 2.45) is 5.92 Å². The number of benzene rings is 1. The van der Waals surface area contributed by atoms with Gasteiger partial charge in [-0.15, -0.1) is 0 Å². The van der Waals surface area contributed by atoms with E-state index in [1.807, 2.05) is 13.8 Å². The fraction of sp³-hybridized carbons (Fsp3) is 0.588. The lowest BCUT2D eigenvalue weighted by molar-refractivity contribution is -0.137. The first-order chi connectivity index (χ1) is 11.7. The van der Waals surface area contributed by atoms with Crippen LogP contribution in [0.3, 0.4) is 0 Å². The van der Waals surface area contributed by atoms with Crippen molar-refractivity contribution in [1.82, 2.24) is 5.32 Å². The lowest BCUT2D eigenvalue weighted by atomic mass is 10.2. The smallest absolute Gasteiger partial charge is 0.416 e. The summed E-state index contributed by atoms with van der Waals surface area (Å²) < 4.78 is 49.1. The predicted molar refractivity (Wildman–Crippen MR) is 89.9 cm³/mol. The molecule has 0 saturated carbocycles. The highest BCUT2D eigenvalue weighted by molar-refractivity contribution is 5.91. The molecule has 0 unspecified atom stereocenters. The van der Waals surface area contributed by atoms with Crippen LogP contribution < -0.4 is 15.4 Å².